The molecule has 2 rings (SSSR count). The summed E-state index contributed by atoms with van der Waals surface area (Å²) in [6, 6.07) is 7.41. The van der Waals surface area contributed by atoms with E-state index in [1.165, 1.54) is 0 Å². The first-order chi connectivity index (χ1) is 8.70. The van der Waals surface area contributed by atoms with Crippen LogP contribution < -0.4 is 16.0 Å². The van der Waals surface area contributed by atoms with E-state index in [4.69, 9.17) is 17.3 Å². The second-order valence-electron chi connectivity index (χ2n) is 3.98. The Morgan fingerprint density at radius 1 is 1.56 bits per heavy atom. The second-order valence-corrected chi connectivity index (χ2v) is 4.25. The van der Waals surface area contributed by atoms with Crippen molar-refractivity contribution in [2.75, 3.05) is 30.4 Å². The number of carbonyl (C=O) groups is 1. The number of amides is 1. The predicted molar refractivity (Wildman–Crippen MR) is 73.7 cm³/mol. The van der Waals surface area contributed by atoms with Gasteiger partial charge in [-0.1, -0.05) is 6.07 Å². The summed E-state index contributed by atoms with van der Waals surface area (Å²) in [5, 5.41) is 3.03. The fourth-order valence-electron chi connectivity index (χ4n) is 1.81. The number of carbonyl (C=O) groups excluding carboxylic acids is 1. The molecule has 96 valence electrons. The summed E-state index contributed by atoms with van der Waals surface area (Å²) in [7, 11) is 0. The highest BCUT2D eigenvalue weighted by molar-refractivity contribution is 6.28. The highest BCUT2D eigenvalue weighted by Gasteiger charge is 2.19. The Bertz CT molecular complexity index is 475. The quantitative estimate of drug-likeness (QED) is 0.484. The number of anilines is 1. The number of hydrogen-bond acceptors (Lipinski definition) is 3. The SMILES string of the molecule is NC(CCl)=Nc1cccc(N2CCNCC2=O)c1. The number of hydrogen-bond donors (Lipinski definition) is 2. The van der Waals surface area contributed by atoms with Crippen molar-refractivity contribution in [2.24, 2.45) is 10.7 Å². The molecule has 18 heavy (non-hydrogen) atoms. The number of halogens is 1. The number of nitrogens with one attached hydrogen (secondary N) is 1. The number of aliphatic imine (C=N–C) groups is 1. The van der Waals surface area contributed by atoms with E-state index in [2.05, 4.69) is 10.3 Å². The van der Waals surface area contributed by atoms with Gasteiger partial charge in [0.2, 0.25) is 5.91 Å². The molecule has 6 heteroatoms. The molecule has 3 N–H and O–H groups in total. The second kappa shape index (κ2) is 5.84. The first kappa shape index (κ1) is 12.9. The Balaban J connectivity index is 2.23. The molecule has 0 radical (unpaired) electrons. The number of piperazine rings is 1. The van der Waals surface area contributed by atoms with Crippen molar-refractivity contribution in [3.05, 3.63) is 24.3 Å². The summed E-state index contributed by atoms with van der Waals surface area (Å²) in [5.41, 5.74) is 7.13. The molecule has 1 aliphatic rings. The highest BCUT2D eigenvalue weighted by atomic mass is 35.5. The fourth-order valence-corrected chi connectivity index (χ4v) is 1.87. The standard InChI is InChI=1S/C12H15ClN4O/c13-7-11(14)16-9-2-1-3-10(6-9)17-5-4-15-8-12(17)18/h1-3,6,15H,4-5,7-8H2,(H2,14,16). The summed E-state index contributed by atoms with van der Waals surface area (Å²) in [4.78, 5) is 17.7. The molecule has 1 heterocycles. The monoisotopic (exact) mass is 266 g/mol. The molecule has 0 bridgehead atoms. The molecule has 1 fully saturated rings. The minimum atomic E-state index is 0.0627. The van der Waals surface area contributed by atoms with Crippen LogP contribution in [0.25, 0.3) is 0 Å². The highest BCUT2D eigenvalue weighted by Crippen LogP contribution is 2.22. The van der Waals surface area contributed by atoms with E-state index in [-0.39, 0.29) is 11.8 Å². The molecule has 1 aliphatic heterocycles. The van der Waals surface area contributed by atoms with E-state index in [0.29, 0.717) is 24.6 Å². The van der Waals surface area contributed by atoms with Gasteiger partial charge < -0.3 is 16.0 Å². The van der Waals surface area contributed by atoms with Gasteiger partial charge in [-0.15, -0.1) is 11.6 Å². The van der Waals surface area contributed by atoms with Gasteiger partial charge in [0.15, 0.2) is 0 Å². The largest absolute Gasteiger partial charge is 0.386 e. The van der Waals surface area contributed by atoms with Crippen molar-refractivity contribution in [2.45, 2.75) is 0 Å². The molecule has 1 aromatic carbocycles. The van der Waals surface area contributed by atoms with Crippen LogP contribution in [-0.2, 0) is 4.79 Å². The zero-order chi connectivity index (χ0) is 13.0. The van der Waals surface area contributed by atoms with Gasteiger partial charge >= 0.3 is 0 Å². The maximum atomic E-state index is 11.8. The Kier molecular flexibility index (Phi) is 4.17. The zero-order valence-corrected chi connectivity index (χ0v) is 10.7. The van der Waals surface area contributed by atoms with Crippen molar-refractivity contribution in [1.29, 1.82) is 0 Å². The summed E-state index contributed by atoms with van der Waals surface area (Å²) in [5.74, 6) is 0.615. The van der Waals surface area contributed by atoms with Gasteiger partial charge in [0, 0.05) is 18.8 Å². The Labute approximate surface area is 111 Å². The first-order valence-corrected chi connectivity index (χ1v) is 6.24. The zero-order valence-electron chi connectivity index (χ0n) is 9.90. The van der Waals surface area contributed by atoms with E-state index in [9.17, 15) is 4.79 Å². The van der Waals surface area contributed by atoms with Crippen LogP contribution >= 0.6 is 11.6 Å². The van der Waals surface area contributed by atoms with Crippen molar-refractivity contribution in [3.63, 3.8) is 0 Å². The molecular formula is C12H15ClN4O. The smallest absolute Gasteiger partial charge is 0.240 e. The molecule has 0 aliphatic carbocycles. The molecule has 0 saturated carbocycles. The van der Waals surface area contributed by atoms with Crippen LogP contribution in [0.15, 0.2) is 29.3 Å². The number of amidine groups is 1. The number of nitrogens with two attached hydrogens (primary N) is 1. The van der Waals surface area contributed by atoms with Gasteiger partial charge in [0.1, 0.15) is 5.84 Å². The van der Waals surface area contributed by atoms with Crippen LogP contribution in [0.5, 0.6) is 0 Å². The third-order valence-electron chi connectivity index (χ3n) is 2.64. The van der Waals surface area contributed by atoms with Crippen LogP contribution in [-0.4, -0.2) is 37.3 Å². The lowest BCUT2D eigenvalue weighted by atomic mass is 10.2. The summed E-state index contributed by atoms with van der Waals surface area (Å²) in [6.45, 7) is 1.83. The van der Waals surface area contributed by atoms with Gasteiger partial charge in [-0.05, 0) is 18.2 Å². The van der Waals surface area contributed by atoms with E-state index >= 15 is 0 Å². The van der Waals surface area contributed by atoms with Crippen LogP contribution in [0.4, 0.5) is 11.4 Å². The van der Waals surface area contributed by atoms with E-state index in [0.717, 1.165) is 12.2 Å². The van der Waals surface area contributed by atoms with Crippen molar-refractivity contribution in [3.8, 4) is 0 Å². The lowest BCUT2D eigenvalue weighted by molar-refractivity contribution is -0.118. The first-order valence-electron chi connectivity index (χ1n) is 5.71. The third-order valence-corrected chi connectivity index (χ3v) is 2.91. The lowest BCUT2D eigenvalue weighted by Crippen LogP contribution is -2.48. The lowest BCUT2D eigenvalue weighted by Gasteiger charge is -2.27. The van der Waals surface area contributed by atoms with Gasteiger partial charge in [-0.25, -0.2) is 4.99 Å². The maximum absolute atomic E-state index is 11.8. The van der Waals surface area contributed by atoms with E-state index in [1.807, 2.05) is 24.3 Å². The Hall–Kier alpha value is -1.59. The van der Waals surface area contributed by atoms with Crippen LogP contribution in [0, 0.1) is 0 Å². The maximum Gasteiger partial charge on any atom is 0.240 e. The minimum absolute atomic E-state index is 0.0627. The van der Waals surface area contributed by atoms with Gasteiger partial charge in [0.05, 0.1) is 18.1 Å². The predicted octanol–water partition coefficient (Wildman–Crippen LogP) is 0.850. The Morgan fingerprint density at radius 2 is 2.39 bits per heavy atom. The molecular weight excluding hydrogens is 252 g/mol. The van der Waals surface area contributed by atoms with E-state index < -0.39 is 0 Å². The Morgan fingerprint density at radius 3 is 3.11 bits per heavy atom. The fraction of sp³-hybridized carbons (Fsp3) is 0.333. The average Bonchev–Trinajstić information content (AvgIpc) is 2.39. The van der Waals surface area contributed by atoms with E-state index in [1.54, 1.807) is 4.90 Å². The molecule has 1 saturated heterocycles. The summed E-state index contributed by atoms with van der Waals surface area (Å²) < 4.78 is 0. The van der Waals surface area contributed by atoms with Crippen LogP contribution in [0.1, 0.15) is 0 Å². The number of alkyl halides is 1. The van der Waals surface area contributed by atoms with Gasteiger partial charge in [-0.3, -0.25) is 4.79 Å². The molecule has 0 atom stereocenters. The van der Waals surface area contributed by atoms with Crippen molar-refractivity contribution in [1.82, 2.24) is 5.32 Å². The average molecular weight is 267 g/mol. The molecule has 5 nitrogen and oxygen atoms in total. The van der Waals surface area contributed by atoms with Crippen molar-refractivity contribution < 1.29 is 4.79 Å². The molecule has 0 spiro atoms. The molecule has 0 aromatic heterocycles. The molecule has 0 unspecified atom stereocenters. The number of benzene rings is 1. The normalized spacial score (nSPS) is 17.1. The third kappa shape index (κ3) is 3.00. The topological polar surface area (TPSA) is 70.7 Å². The van der Waals surface area contributed by atoms with Gasteiger partial charge in [-0.2, -0.15) is 0 Å². The molecule has 1 amide bonds. The minimum Gasteiger partial charge on any atom is -0.386 e. The summed E-state index contributed by atoms with van der Waals surface area (Å²) in [6.07, 6.45) is 0. The van der Waals surface area contributed by atoms with Crippen LogP contribution in [0.2, 0.25) is 0 Å². The summed E-state index contributed by atoms with van der Waals surface area (Å²) >= 11 is 5.58. The number of rotatable bonds is 3. The van der Waals surface area contributed by atoms with Crippen LogP contribution in [0.3, 0.4) is 0 Å². The van der Waals surface area contributed by atoms with Gasteiger partial charge in [0.25, 0.3) is 0 Å². The van der Waals surface area contributed by atoms with Crippen molar-refractivity contribution >= 4 is 34.7 Å². The number of nitrogens with zero attached hydrogens (tertiary/aromatic N) is 2. The molecule has 1 aromatic rings.